The Kier molecular flexibility index (Phi) is 4.73. The van der Waals surface area contributed by atoms with E-state index < -0.39 is 0 Å². The fraction of sp³-hybridized carbons (Fsp3) is 0.688. The Morgan fingerprint density at radius 3 is 2.74 bits per heavy atom. The molecule has 6 nitrogen and oxygen atoms in total. The number of hydrazine groups is 1. The number of hydrogen-bond donors (Lipinski definition) is 0. The minimum Gasteiger partial charge on any atom is -0.309 e. The summed E-state index contributed by atoms with van der Waals surface area (Å²) in [6, 6.07) is -0.245. The van der Waals surface area contributed by atoms with Gasteiger partial charge in [-0.15, -0.1) is 0 Å². The molecule has 1 aliphatic carbocycles. The Labute approximate surface area is 142 Å². The summed E-state index contributed by atoms with van der Waals surface area (Å²) in [6.45, 7) is 2.97. The monoisotopic (exact) mass is 337 g/mol. The molecular weight excluding hydrogens is 314 g/mol. The van der Waals surface area contributed by atoms with Crippen LogP contribution in [0.3, 0.4) is 0 Å². The fourth-order valence-corrected chi connectivity index (χ4v) is 3.88. The van der Waals surface area contributed by atoms with Gasteiger partial charge in [0.15, 0.2) is 5.82 Å². The third-order valence-corrected chi connectivity index (χ3v) is 5.14. The van der Waals surface area contributed by atoms with E-state index in [0.29, 0.717) is 11.6 Å². The summed E-state index contributed by atoms with van der Waals surface area (Å²) in [5.74, 6) is 1.48. The van der Waals surface area contributed by atoms with Crippen molar-refractivity contribution in [3.63, 3.8) is 0 Å². The van der Waals surface area contributed by atoms with Gasteiger partial charge in [-0.25, -0.2) is 9.99 Å². The summed E-state index contributed by atoms with van der Waals surface area (Å²) in [5.41, 5.74) is 0.711. The summed E-state index contributed by atoms with van der Waals surface area (Å²) in [5, 5.41) is 4.38. The van der Waals surface area contributed by atoms with Gasteiger partial charge < -0.3 is 4.90 Å². The summed E-state index contributed by atoms with van der Waals surface area (Å²) < 4.78 is 0. The van der Waals surface area contributed by atoms with E-state index in [1.807, 2.05) is 19.0 Å². The number of carbonyl (C=O) groups is 1. The zero-order chi connectivity index (χ0) is 16.6. The Morgan fingerprint density at radius 2 is 2.09 bits per heavy atom. The highest BCUT2D eigenvalue weighted by Gasteiger charge is 2.39. The first-order valence-electron chi connectivity index (χ1n) is 8.33. The molecule has 1 aliphatic heterocycles. The molecule has 7 heteroatoms. The van der Waals surface area contributed by atoms with Crippen LogP contribution in [0.1, 0.15) is 39.0 Å². The number of amides is 1. The first-order valence-corrected chi connectivity index (χ1v) is 8.71. The van der Waals surface area contributed by atoms with Crippen LogP contribution < -0.4 is 9.91 Å². The van der Waals surface area contributed by atoms with Gasteiger partial charge in [0.25, 0.3) is 5.91 Å². The van der Waals surface area contributed by atoms with Crippen molar-refractivity contribution < 1.29 is 4.79 Å². The van der Waals surface area contributed by atoms with E-state index in [0.717, 1.165) is 18.8 Å². The van der Waals surface area contributed by atoms with Gasteiger partial charge in [0.05, 0.1) is 6.20 Å². The van der Waals surface area contributed by atoms with Crippen molar-refractivity contribution in [2.24, 2.45) is 5.92 Å². The summed E-state index contributed by atoms with van der Waals surface area (Å²) in [6.07, 6.45) is 7.49. The van der Waals surface area contributed by atoms with E-state index in [4.69, 9.17) is 11.6 Å². The number of halogens is 1. The number of likely N-dealkylation sites (N-methyl/N-ethyl adjacent to an activating group) is 1. The Hall–Kier alpha value is -1.40. The largest absolute Gasteiger partial charge is 0.309 e. The van der Waals surface area contributed by atoms with Gasteiger partial charge in [0.2, 0.25) is 5.28 Å². The minimum absolute atomic E-state index is 0.0733. The van der Waals surface area contributed by atoms with E-state index >= 15 is 0 Å². The maximum Gasteiger partial charge on any atom is 0.251 e. The van der Waals surface area contributed by atoms with Crippen LogP contribution in [0.25, 0.3) is 0 Å². The van der Waals surface area contributed by atoms with Crippen LogP contribution >= 0.6 is 11.6 Å². The average molecular weight is 338 g/mol. The van der Waals surface area contributed by atoms with Gasteiger partial charge in [-0.3, -0.25) is 9.80 Å². The van der Waals surface area contributed by atoms with Crippen LogP contribution in [0.5, 0.6) is 0 Å². The third kappa shape index (κ3) is 3.02. The van der Waals surface area contributed by atoms with Crippen LogP contribution in [-0.4, -0.2) is 47.6 Å². The Balaban J connectivity index is 1.95. The number of nitrogens with zero attached hydrogens (tertiary/aromatic N) is 5. The maximum atomic E-state index is 12.7. The lowest BCUT2D eigenvalue weighted by molar-refractivity contribution is -0.120. The van der Waals surface area contributed by atoms with Crippen molar-refractivity contribution in [3.8, 4) is 0 Å². The van der Waals surface area contributed by atoms with Gasteiger partial charge in [0.1, 0.15) is 11.7 Å². The van der Waals surface area contributed by atoms with Gasteiger partial charge in [-0.2, -0.15) is 4.98 Å². The van der Waals surface area contributed by atoms with Gasteiger partial charge >= 0.3 is 0 Å². The first kappa shape index (κ1) is 16.5. The highest BCUT2D eigenvalue weighted by molar-refractivity contribution is 6.28. The average Bonchev–Trinajstić information content (AvgIpc) is 3.03. The molecule has 2 heterocycles. The van der Waals surface area contributed by atoms with Gasteiger partial charge in [0, 0.05) is 20.6 Å². The van der Waals surface area contributed by atoms with Crippen molar-refractivity contribution in [1.29, 1.82) is 0 Å². The molecule has 2 aliphatic rings. The molecule has 1 unspecified atom stereocenters. The van der Waals surface area contributed by atoms with E-state index in [-0.39, 0.29) is 17.2 Å². The molecule has 1 saturated carbocycles. The molecule has 0 N–H and O–H groups in total. The molecule has 0 spiro atoms. The maximum absolute atomic E-state index is 12.7. The van der Waals surface area contributed by atoms with E-state index in [9.17, 15) is 4.79 Å². The first-order chi connectivity index (χ1) is 11.0. The van der Waals surface area contributed by atoms with Gasteiger partial charge in [-0.1, -0.05) is 19.8 Å². The molecule has 3 rings (SSSR count). The molecule has 1 atom stereocenters. The fourth-order valence-electron chi connectivity index (χ4n) is 3.75. The van der Waals surface area contributed by atoms with E-state index in [1.54, 1.807) is 18.1 Å². The van der Waals surface area contributed by atoms with Crippen LogP contribution in [0, 0.1) is 5.92 Å². The molecule has 0 bridgehead atoms. The van der Waals surface area contributed by atoms with Crippen molar-refractivity contribution in [2.45, 2.75) is 45.1 Å². The van der Waals surface area contributed by atoms with Crippen LogP contribution in [0.4, 0.5) is 11.5 Å². The molecule has 1 aromatic rings. The zero-order valence-electron chi connectivity index (χ0n) is 14.0. The van der Waals surface area contributed by atoms with Crippen molar-refractivity contribution >= 4 is 29.0 Å². The highest BCUT2D eigenvalue weighted by atomic mass is 35.5. The second kappa shape index (κ2) is 6.61. The van der Waals surface area contributed by atoms with E-state index in [2.05, 4.69) is 15.0 Å². The molecule has 0 aromatic carbocycles. The number of fused-ring (bicyclic) bond motifs is 1. The molecule has 1 amide bonds. The second-order valence-corrected chi connectivity index (χ2v) is 6.84. The van der Waals surface area contributed by atoms with Crippen molar-refractivity contribution in [3.05, 3.63) is 11.5 Å². The molecule has 1 fully saturated rings. The number of aromatic nitrogens is 2. The van der Waals surface area contributed by atoms with Crippen LogP contribution in [0.15, 0.2) is 6.20 Å². The number of hydrogen-bond acceptors (Lipinski definition) is 5. The molecular formula is C16H24ClN5O. The summed E-state index contributed by atoms with van der Waals surface area (Å²) >= 11 is 6.02. The predicted molar refractivity (Wildman–Crippen MR) is 91.6 cm³/mol. The van der Waals surface area contributed by atoms with Crippen molar-refractivity contribution in [2.75, 3.05) is 30.5 Å². The quantitative estimate of drug-likeness (QED) is 0.791. The van der Waals surface area contributed by atoms with Crippen LogP contribution in [-0.2, 0) is 4.79 Å². The lowest BCUT2D eigenvalue weighted by atomic mass is 10.1. The molecule has 126 valence electrons. The van der Waals surface area contributed by atoms with Crippen molar-refractivity contribution in [1.82, 2.24) is 15.0 Å². The second-order valence-electron chi connectivity index (χ2n) is 6.50. The topological polar surface area (TPSA) is 52.6 Å². The number of carbonyl (C=O) groups excluding carboxylic acids is 1. The van der Waals surface area contributed by atoms with Crippen LogP contribution in [0.2, 0.25) is 5.28 Å². The molecule has 23 heavy (non-hydrogen) atoms. The molecule has 0 radical (unpaired) electrons. The minimum atomic E-state index is -0.245. The highest BCUT2D eigenvalue weighted by Crippen LogP contribution is 2.36. The predicted octanol–water partition coefficient (Wildman–Crippen LogP) is 2.73. The lowest BCUT2D eigenvalue weighted by Crippen LogP contribution is -2.58. The standard InChI is InChI=1S/C16H24ClN5O/c1-4-12-15(23)21(3)13-9-18-16(17)19-14(13)22(12)20(2)10-11-7-5-6-8-11/h9,11-12H,4-8,10H2,1-3H3. The normalized spacial score (nSPS) is 22.1. The smallest absolute Gasteiger partial charge is 0.251 e. The SMILES string of the molecule is CCC1C(=O)N(C)c2cnc(Cl)nc2N1N(C)CC1CCCC1. The van der Waals surface area contributed by atoms with E-state index in [1.165, 1.54) is 25.7 Å². The number of rotatable bonds is 4. The lowest BCUT2D eigenvalue weighted by Gasteiger charge is -2.44. The summed E-state index contributed by atoms with van der Waals surface area (Å²) in [7, 11) is 3.81. The molecule has 1 aromatic heterocycles. The third-order valence-electron chi connectivity index (χ3n) is 4.96. The molecule has 0 saturated heterocycles. The Bertz CT molecular complexity index is 590. The Morgan fingerprint density at radius 1 is 1.39 bits per heavy atom. The van der Waals surface area contributed by atoms with Gasteiger partial charge in [-0.05, 0) is 36.8 Å². The number of anilines is 2. The zero-order valence-corrected chi connectivity index (χ0v) is 14.8. The summed E-state index contributed by atoms with van der Waals surface area (Å²) in [4.78, 5) is 22.8.